The molecule has 5 heteroatoms. The van der Waals surface area contributed by atoms with E-state index < -0.39 is 5.60 Å². The molecule has 0 aliphatic carbocycles. The van der Waals surface area contributed by atoms with Gasteiger partial charge in [-0.2, -0.15) is 0 Å². The Morgan fingerprint density at radius 2 is 1.95 bits per heavy atom. The van der Waals surface area contributed by atoms with Crippen molar-refractivity contribution in [3.63, 3.8) is 0 Å². The van der Waals surface area contributed by atoms with Crippen LogP contribution in [0.2, 0.25) is 0 Å². The molecule has 1 aromatic carbocycles. The zero-order valence-corrected chi connectivity index (χ0v) is 14.0. The van der Waals surface area contributed by atoms with Gasteiger partial charge in [-0.05, 0) is 38.8 Å². The molecule has 0 spiro atoms. The van der Waals surface area contributed by atoms with Gasteiger partial charge in [-0.15, -0.1) is 0 Å². The summed E-state index contributed by atoms with van der Waals surface area (Å²) < 4.78 is 16.1. The van der Waals surface area contributed by atoms with Gasteiger partial charge in [0.05, 0.1) is 14.2 Å². The first-order valence-electron chi connectivity index (χ1n) is 7.54. The lowest BCUT2D eigenvalue weighted by Crippen LogP contribution is -2.35. The van der Waals surface area contributed by atoms with E-state index in [4.69, 9.17) is 14.2 Å². The molecule has 0 saturated carbocycles. The normalized spacial score (nSPS) is 18.2. The zero-order valence-electron chi connectivity index (χ0n) is 14.0. The van der Waals surface area contributed by atoms with E-state index in [0.717, 1.165) is 23.5 Å². The van der Waals surface area contributed by atoms with Crippen LogP contribution in [0.5, 0.6) is 11.5 Å². The Balaban J connectivity index is 2.08. The Kier molecular flexibility index (Phi) is 4.84. The third-order valence-corrected chi connectivity index (χ3v) is 3.72. The minimum atomic E-state index is -0.465. The second-order valence-electron chi connectivity index (χ2n) is 6.52. The molecule has 1 aliphatic rings. The molecule has 1 aliphatic heterocycles. The van der Waals surface area contributed by atoms with Gasteiger partial charge in [-0.1, -0.05) is 6.07 Å². The van der Waals surface area contributed by atoms with E-state index >= 15 is 0 Å². The minimum Gasteiger partial charge on any atom is -0.497 e. The molecule has 1 fully saturated rings. The second kappa shape index (κ2) is 6.46. The van der Waals surface area contributed by atoms with Gasteiger partial charge in [0.1, 0.15) is 17.1 Å². The highest BCUT2D eigenvalue weighted by atomic mass is 16.6. The maximum atomic E-state index is 12.1. The SMILES string of the molecule is COc1ccc(C2CCN(C(=O)OC(C)(C)C)C2)c(OC)c1. The van der Waals surface area contributed by atoms with Gasteiger partial charge in [0.15, 0.2) is 0 Å². The summed E-state index contributed by atoms with van der Waals surface area (Å²) in [6.07, 6.45) is 0.657. The van der Waals surface area contributed by atoms with Crippen molar-refractivity contribution in [2.24, 2.45) is 0 Å². The molecule has 5 nitrogen and oxygen atoms in total. The predicted molar refractivity (Wildman–Crippen MR) is 84.7 cm³/mol. The maximum Gasteiger partial charge on any atom is 0.410 e. The standard InChI is InChI=1S/C17H25NO4/c1-17(2,3)22-16(19)18-9-8-12(11-18)14-7-6-13(20-4)10-15(14)21-5/h6-7,10,12H,8-9,11H2,1-5H3. The van der Waals surface area contributed by atoms with E-state index in [1.54, 1.807) is 19.1 Å². The van der Waals surface area contributed by atoms with Crippen LogP contribution in [0.3, 0.4) is 0 Å². The molecule has 1 atom stereocenters. The first-order valence-corrected chi connectivity index (χ1v) is 7.54. The summed E-state index contributed by atoms with van der Waals surface area (Å²) in [6, 6.07) is 5.82. The third-order valence-electron chi connectivity index (χ3n) is 3.72. The molecule has 1 amide bonds. The maximum absolute atomic E-state index is 12.1. The fourth-order valence-corrected chi connectivity index (χ4v) is 2.66. The van der Waals surface area contributed by atoms with Crippen molar-refractivity contribution < 1.29 is 19.0 Å². The topological polar surface area (TPSA) is 48.0 Å². The monoisotopic (exact) mass is 307 g/mol. The van der Waals surface area contributed by atoms with Crippen molar-refractivity contribution in [1.29, 1.82) is 0 Å². The number of ether oxygens (including phenoxy) is 3. The lowest BCUT2D eigenvalue weighted by Gasteiger charge is -2.24. The smallest absolute Gasteiger partial charge is 0.410 e. The largest absolute Gasteiger partial charge is 0.497 e. The summed E-state index contributed by atoms with van der Waals surface area (Å²) >= 11 is 0. The molecule has 0 radical (unpaired) electrons. The molecule has 2 rings (SSSR count). The number of benzene rings is 1. The van der Waals surface area contributed by atoms with Crippen LogP contribution in [0.4, 0.5) is 4.79 Å². The number of carbonyl (C=O) groups excluding carboxylic acids is 1. The highest BCUT2D eigenvalue weighted by Gasteiger charge is 2.31. The van der Waals surface area contributed by atoms with Crippen molar-refractivity contribution in [3.05, 3.63) is 23.8 Å². The summed E-state index contributed by atoms with van der Waals surface area (Å²) in [5.41, 5.74) is 0.641. The van der Waals surface area contributed by atoms with Gasteiger partial charge in [0.2, 0.25) is 0 Å². The molecule has 1 heterocycles. The van der Waals surface area contributed by atoms with Gasteiger partial charge in [0.25, 0.3) is 0 Å². The summed E-state index contributed by atoms with van der Waals surface area (Å²) in [4.78, 5) is 13.9. The number of hydrogen-bond donors (Lipinski definition) is 0. The molecule has 122 valence electrons. The zero-order chi connectivity index (χ0) is 16.3. The first-order chi connectivity index (χ1) is 10.3. The molecule has 22 heavy (non-hydrogen) atoms. The highest BCUT2D eigenvalue weighted by molar-refractivity contribution is 5.68. The average molecular weight is 307 g/mol. The Morgan fingerprint density at radius 1 is 1.23 bits per heavy atom. The van der Waals surface area contributed by atoms with Crippen LogP contribution in [0.1, 0.15) is 38.7 Å². The van der Waals surface area contributed by atoms with E-state index in [0.29, 0.717) is 13.1 Å². The van der Waals surface area contributed by atoms with E-state index in [1.165, 1.54) is 0 Å². The molecule has 0 N–H and O–H groups in total. The number of amides is 1. The average Bonchev–Trinajstić information content (AvgIpc) is 2.94. The van der Waals surface area contributed by atoms with Crippen LogP contribution in [0, 0.1) is 0 Å². The van der Waals surface area contributed by atoms with E-state index in [-0.39, 0.29) is 12.0 Å². The van der Waals surface area contributed by atoms with Crippen molar-refractivity contribution in [2.45, 2.75) is 38.7 Å². The number of methoxy groups -OCH3 is 2. The van der Waals surface area contributed by atoms with Crippen LogP contribution in [-0.4, -0.2) is 43.9 Å². The van der Waals surface area contributed by atoms with Crippen LogP contribution in [0.25, 0.3) is 0 Å². The van der Waals surface area contributed by atoms with Crippen LogP contribution in [0.15, 0.2) is 18.2 Å². The Bertz CT molecular complexity index is 536. The predicted octanol–water partition coefficient (Wildman–Crippen LogP) is 3.43. The summed E-state index contributed by atoms with van der Waals surface area (Å²) in [5.74, 6) is 1.83. The number of nitrogens with zero attached hydrogens (tertiary/aromatic N) is 1. The fourth-order valence-electron chi connectivity index (χ4n) is 2.66. The highest BCUT2D eigenvalue weighted by Crippen LogP contribution is 2.36. The molecule has 1 saturated heterocycles. The number of likely N-dealkylation sites (tertiary alicyclic amines) is 1. The third kappa shape index (κ3) is 3.84. The summed E-state index contributed by atoms with van der Waals surface area (Å²) in [6.45, 7) is 6.99. The molecule has 0 aromatic heterocycles. The van der Waals surface area contributed by atoms with Crippen molar-refractivity contribution >= 4 is 6.09 Å². The lowest BCUT2D eigenvalue weighted by atomic mass is 9.97. The summed E-state index contributed by atoms with van der Waals surface area (Å²) in [7, 11) is 3.28. The first kappa shape index (κ1) is 16.5. The van der Waals surface area contributed by atoms with Crippen molar-refractivity contribution in [1.82, 2.24) is 4.90 Å². The van der Waals surface area contributed by atoms with E-state index in [1.807, 2.05) is 39.0 Å². The van der Waals surface area contributed by atoms with Gasteiger partial charge < -0.3 is 19.1 Å². The number of rotatable bonds is 3. The molecule has 1 unspecified atom stereocenters. The van der Waals surface area contributed by atoms with E-state index in [9.17, 15) is 4.79 Å². The fraction of sp³-hybridized carbons (Fsp3) is 0.588. The van der Waals surface area contributed by atoms with Gasteiger partial charge in [0, 0.05) is 25.1 Å². The lowest BCUT2D eigenvalue weighted by molar-refractivity contribution is 0.0292. The number of carbonyl (C=O) groups is 1. The van der Waals surface area contributed by atoms with Crippen LogP contribution < -0.4 is 9.47 Å². The Labute approximate surface area is 132 Å². The van der Waals surface area contributed by atoms with Gasteiger partial charge >= 0.3 is 6.09 Å². The van der Waals surface area contributed by atoms with Crippen LogP contribution in [-0.2, 0) is 4.74 Å². The van der Waals surface area contributed by atoms with Crippen molar-refractivity contribution in [3.8, 4) is 11.5 Å². The van der Waals surface area contributed by atoms with Gasteiger partial charge in [-0.25, -0.2) is 4.79 Å². The molecule has 1 aromatic rings. The minimum absolute atomic E-state index is 0.248. The second-order valence-corrected chi connectivity index (χ2v) is 6.52. The quantitative estimate of drug-likeness (QED) is 0.858. The Morgan fingerprint density at radius 3 is 2.55 bits per heavy atom. The molecular weight excluding hydrogens is 282 g/mol. The number of hydrogen-bond acceptors (Lipinski definition) is 4. The van der Waals surface area contributed by atoms with Gasteiger partial charge in [-0.3, -0.25) is 0 Å². The molecular formula is C17H25NO4. The van der Waals surface area contributed by atoms with Crippen molar-refractivity contribution in [2.75, 3.05) is 27.3 Å². The Hall–Kier alpha value is -1.91. The summed E-state index contributed by atoms with van der Waals surface area (Å²) in [5, 5.41) is 0. The van der Waals surface area contributed by atoms with Crippen LogP contribution >= 0.6 is 0 Å². The van der Waals surface area contributed by atoms with E-state index in [2.05, 4.69) is 0 Å². The molecule has 0 bridgehead atoms.